The lowest BCUT2D eigenvalue weighted by molar-refractivity contribution is -0.146. The van der Waals surface area contributed by atoms with Crippen LogP contribution in [0.5, 0.6) is 0 Å². The van der Waals surface area contributed by atoms with Crippen LogP contribution in [-0.2, 0) is 9.53 Å². The fraction of sp³-hybridized carbons (Fsp3) is 0.800. The van der Waals surface area contributed by atoms with Gasteiger partial charge in [0.2, 0.25) is 0 Å². The summed E-state index contributed by atoms with van der Waals surface area (Å²) in [6.07, 6.45) is 2.62. The number of carbonyl (C=O) groups excluding carboxylic acids is 2. The van der Waals surface area contributed by atoms with E-state index in [1.807, 2.05) is 6.92 Å². The Bertz CT molecular complexity index is 243. The molecule has 1 aliphatic heterocycles. The van der Waals surface area contributed by atoms with Crippen molar-refractivity contribution in [1.82, 2.24) is 10.2 Å². The van der Waals surface area contributed by atoms with Crippen molar-refractivity contribution in [2.45, 2.75) is 32.2 Å². The van der Waals surface area contributed by atoms with Crippen LogP contribution in [0, 0.1) is 0 Å². The molecule has 1 fully saturated rings. The number of methoxy groups -OCH3 is 1. The highest BCUT2D eigenvalue weighted by molar-refractivity contribution is 5.83. The molecule has 15 heavy (non-hydrogen) atoms. The summed E-state index contributed by atoms with van der Waals surface area (Å²) < 4.78 is 4.69. The van der Waals surface area contributed by atoms with Crippen LogP contribution in [0.3, 0.4) is 0 Å². The summed E-state index contributed by atoms with van der Waals surface area (Å²) >= 11 is 0. The van der Waals surface area contributed by atoms with Gasteiger partial charge in [-0.25, -0.2) is 9.59 Å². The van der Waals surface area contributed by atoms with Crippen LogP contribution in [-0.4, -0.2) is 43.1 Å². The first-order valence-electron chi connectivity index (χ1n) is 5.33. The molecule has 0 aliphatic carbocycles. The zero-order chi connectivity index (χ0) is 11.3. The molecule has 5 heteroatoms. The Kier molecular flexibility index (Phi) is 4.39. The number of nitrogens with zero attached hydrogens (tertiary/aromatic N) is 1. The van der Waals surface area contributed by atoms with Crippen molar-refractivity contribution >= 4 is 12.0 Å². The summed E-state index contributed by atoms with van der Waals surface area (Å²) in [5.74, 6) is -0.319. The molecule has 1 N–H and O–H groups in total. The van der Waals surface area contributed by atoms with Crippen LogP contribution in [0.2, 0.25) is 0 Å². The first kappa shape index (κ1) is 11.8. The van der Waals surface area contributed by atoms with Gasteiger partial charge in [-0.1, -0.05) is 0 Å². The second kappa shape index (κ2) is 5.58. The summed E-state index contributed by atoms with van der Waals surface area (Å²) in [6, 6.07) is -0.581. The molecule has 86 valence electrons. The zero-order valence-electron chi connectivity index (χ0n) is 9.28. The molecule has 0 saturated carbocycles. The highest BCUT2D eigenvalue weighted by Crippen LogP contribution is 2.17. The number of likely N-dealkylation sites (tertiary alicyclic amines) is 1. The van der Waals surface area contributed by atoms with Gasteiger partial charge in [0.15, 0.2) is 0 Å². The molecule has 1 aliphatic rings. The minimum absolute atomic E-state index is 0.174. The molecule has 1 saturated heterocycles. The molecule has 1 atom stereocenters. The monoisotopic (exact) mass is 214 g/mol. The van der Waals surface area contributed by atoms with Crippen molar-refractivity contribution in [2.24, 2.45) is 0 Å². The quantitative estimate of drug-likeness (QED) is 0.690. The lowest BCUT2D eigenvalue weighted by Gasteiger charge is -2.33. The van der Waals surface area contributed by atoms with Gasteiger partial charge in [-0.15, -0.1) is 0 Å². The minimum atomic E-state index is -0.407. The predicted molar refractivity (Wildman–Crippen MR) is 55.4 cm³/mol. The van der Waals surface area contributed by atoms with Gasteiger partial charge in [0.25, 0.3) is 0 Å². The SMILES string of the molecule is CCNC(=O)N1CCCCC1C(=O)OC. The minimum Gasteiger partial charge on any atom is -0.467 e. The first-order chi connectivity index (χ1) is 7.20. The van der Waals surface area contributed by atoms with E-state index in [0.29, 0.717) is 19.5 Å². The fourth-order valence-electron chi connectivity index (χ4n) is 1.81. The molecule has 1 unspecified atom stereocenters. The van der Waals surface area contributed by atoms with E-state index in [9.17, 15) is 9.59 Å². The molecular formula is C10H18N2O3. The van der Waals surface area contributed by atoms with E-state index in [1.165, 1.54) is 7.11 Å². The van der Waals surface area contributed by atoms with Gasteiger partial charge in [-0.05, 0) is 26.2 Å². The lowest BCUT2D eigenvalue weighted by atomic mass is 10.0. The highest BCUT2D eigenvalue weighted by Gasteiger charge is 2.32. The number of nitrogens with one attached hydrogen (secondary N) is 1. The molecule has 5 nitrogen and oxygen atoms in total. The van der Waals surface area contributed by atoms with E-state index >= 15 is 0 Å². The Hall–Kier alpha value is -1.26. The van der Waals surface area contributed by atoms with E-state index in [2.05, 4.69) is 10.1 Å². The van der Waals surface area contributed by atoms with E-state index in [-0.39, 0.29) is 12.0 Å². The second-order valence-electron chi connectivity index (χ2n) is 3.56. The third kappa shape index (κ3) is 2.84. The van der Waals surface area contributed by atoms with Crippen molar-refractivity contribution in [3.05, 3.63) is 0 Å². The van der Waals surface area contributed by atoms with Crippen LogP contribution >= 0.6 is 0 Å². The number of piperidine rings is 1. The van der Waals surface area contributed by atoms with E-state index in [1.54, 1.807) is 4.90 Å². The average Bonchev–Trinajstić information content (AvgIpc) is 2.28. The number of esters is 1. The highest BCUT2D eigenvalue weighted by atomic mass is 16.5. The summed E-state index contributed by atoms with van der Waals surface area (Å²) in [4.78, 5) is 24.6. The fourth-order valence-corrected chi connectivity index (χ4v) is 1.81. The number of hydrogen-bond acceptors (Lipinski definition) is 3. The Morgan fingerprint density at radius 1 is 1.47 bits per heavy atom. The molecule has 0 spiro atoms. The Morgan fingerprint density at radius 3 is 2.80 bits per heavy atom. The zero-order valence-corrected chi connectivity index (χ0v) is 9.28. The van der Waals surface area contributed by atoms with Gasteiger partial charge in [-0.2, -0.15) is 0 Å². The number of urea groups is 1. The molecule has 1 heterocycles. The molecule has 0 bridgehead atoms. The maximum absolute atomic E-state index is 11.6. The summed E-state index contributed by atoms with van der Waals surface area (Å²) in [6.45, 7) is 3.06. The second-order valence-corrected chi connectivity index (χ2v) is 3.56. The average molecular weight is 214 g/mol. The third-order valence-electron chi connectivity index (χ3n) is 2.56. The first-order valence-corrected chi connectivity index (χ1v) is 5.33. The lowest BCUT2D eigenvalue weighted by Crippen LogP contribution is -2.52. The van der Waals surface area contributed by atoms with Crippen LogP contribution in [0.4, 0.5) is 4.79 Å². The number of carbonyl (C=O) groups is 2. The maximum atomic E-state index is 11.6. The maximum Gasteiger partial charge on any atom is 0.328 e. The number of amides is 2. The van der Waals surface area contributed by atoms with Crippen molar-refractivity contribution < 1.29 is 14.3 Å². The number of hydrogen-bond donors (Lipinski definition) is 1. The van der Waals surface area contributed by atoms with Gasteiger partial charge in [0, 0.05) is 13.1 Å². The Balaban J connectivity index is 2.65. The van der Waals surface area contributed by atoms with E-state index in [0.717, 1.165) is 12.8 Å². The van der Waals surface area contributed by atoms with Crippen LogP contribution in [0.15, 0.2) is 0 Å². The van der Waals surface area contributed by atoms with Crippen LogP contribution in [0.1, 0.15) is 26.2 Å². The molecule has 1 rings (SSSR count). The topological polar surface area (TPSA) is 58.6 Å². The van der Waals surface area contributed by atoms with Gasteiger partial charge in [0.1, 0.15) is 6.04 Å². The van der Waals surface area contributed by atoms with E-state index < -0.39 is 6.04 Å². The van der Waals surface area contributed by atoms with Gasteiger partial charge >= 0.3 is 12.0 Å². The smallest absolute Gasteiger partial charge is 0.328 e. The standard InChI is InChI=1S/C10H18N2O3/c1-3-11-10(14)12-7-5-4-6-8(12)9(13)15-2/h8H,3-7H2,1-2H3,(H,11,14). The van der Waals surface area contributed by atoms with Crippen molar-refractivity contribution in [1.29, 1.82) is 0 Å². The summed E-state index contributed by atoms with van der Waals surface area (Å²) in [7, 11) is 1.35. The van der Waals surface area contributed by atoms with Gasteiger partial charge < -0.3 is 15.0 Å². The largest absolute Gasteiger partial charge is 0.467 e. The van der Waals surface area contributed by atoms with Crippen LogP contribution < -0.4 is 5.32 Å². The van der Waals surface area contributed by atoms with Crippen molar-refractivity contribution in [3.8, 4) is 0 Å². The molecular weight excluding hydrogens is 196 g/mol. The van der Waals surface area contributed by atoms with E-state index in [4.69, 9.17) is 0 Å². The van der Waals surface area contributed by atoms with Crippen molar-refractivity contribution in [3.63, 3.8) is 0 Å². The number of rotatable bonds is 2. The van der Waals surface area contributed by atoms with Crippen molar-refractivity contribution in [2.75, 3.05) is 20.2 Å². The molecule has 0 aromatic heterocycles. The molecule has 0 aromatic carbocycles. The van der Waals surface area contributed by atoms with Gasteiger partial charge in [0.05, 0.1) is 7.11 Å². The third-order valence-corrected chi connectivity index (χ3v) is 2.56. The normalized spacial score (nSPS) is 20.9. The summed E-state index contributed by atoms with van der Waals surface area (Å²) in [5, 5.41) is 2.70. The van der Waals surface area contributed by atoms with Crippen LogP contribution in [0.25, 0.3) is 0 Å². The Morgan fingerprint density at radius 2 is 2.20 bits per heavy atom. The predicted octanol–water partition coefficient (Wildman–Crippen LogP) is 0.743. The number of ether oxygens (including phenoxy) is 1. The molecule has 2 amide bonds. The van der Waals surface area contributed by atoms with Gasteiger partial charge in [-0.3, -0.25) is 0 Å². The molecule has 0 radical (unpaired) electrons. The molecule has 0 aromatic rings. The Labute approximate surface area is 89.8 Å². The summed E-state index contributed by atoms with van der Waals surface area (Å²) in [5.41, 5.74) is 0.